The summed E-state index contributed by atoms with van der Waals surface area (Å²) in [5.74, 6) is 0.869. The van der Waals surface area contributed by atoms with Crippen LogP contribution in [0.15, 0.2) is 28.7 Å². The van der Waals surface area contributed by atoms with Crippen LogP contribution < -0.4 is 0 Å². The van der Waals surface area contributed by atoms with Crippen molar-refractivity contribution in [3.8, 4) is 0 Å². The Hall–Kier alpha value is -0.380. The summed E-state index contributed by atoms with van der Waals surface area (Å²) >= 11 is 3.44. The minimum Gasteiger partial charge on any atom is -0.388 e. The largest absolute Gasteiger partial charge is 0.388 e. The number of rotatable bonds is 5. The van der Waals surface area contributed by atoms with Gasteiger partial charge >= 0.3 is 0 Å². The number of hydrogen-bond acceptors (Lipinski definition) is 2. The van der Waals surface area contributed by atoms with Gasteiger partial charge in [0, 0.05) is 17.6 Å². The molecule has 2 nitrogen and oxygen atoms in total. The molecule has 1 aromatic rings. The van der Waals surface area contributed by atoms with Crippen molar-refractivity contribution in [2.75, 3.05) is 19.6 Å². The third-order valence-electron chi connectivity index (χ3n) is 3.90. The minimum atomic E-state index is -0.344. The van der Waals surface area contributed by atoms with Crippen LogP contribution in [0.1, 0.15) is 37.9 Å². The van der Waals surface area contributed by atoms with Crippen LogP contribution in [0, 0.1) is 5.92 Å². The second-order valence-corrected chi connectivity index (χ2v) is 6.14. The van der Waals surface area contributed by atoms with Crippen molar-refractivity contribution in [2.24, 2.45) is 5.92 Å². The quantitative estimate of drug-likeness (QED) is 0.898. The van der Waals surface area contributed by atoms with Gasteiger partial charge in [-0.3, -0.25) is 0 Å². The molecule has 100 valence electrons. The van der Waals surface area contributed by atoms with Crippen LogP contribution in [0.3, 0.4) is 0 Å². The van der Waals surface area contributed by atoms with E-state index >= 15 is 0 Å². The zero-order valence-corrected chi connectivity index (χ0v) is 12.6. The summed E-state index contributed by atoms with van der Waals surface area (Å²) in [5, 5.41) is 10.2. The number of halogens is 1. The van der Waals surface area contributed by atoms with E-state index in [1.54, 1.807) is 0 Å². The van der Waals surface area contributed by atoms with Crippen LogP contribution in [0.25, 0.3) is 0 Å². The molecule has 1 saturated heterocycles. The maximum atomic E-state index is 10.2. The molecule has 1 fully saturated rings. The molecule has 0 amide bonds. The molecule has 3 heteroatoms. The third kappa shape index (κ3) is 3.81. The van der Waals surface area contributed by atoms with E-state index in [1.807, 2.05) is 24.3 Å². The highest BCUT2D eigenvalue weighted by atomic mass is 79.9. The Labute approximate surface area is 118 Å². The summed E-state index contributed by atoms with van der Waals surface area (Å²) in [4.78, 5) is 2.48. The van der Waals surface area contributed by atoms with Crippen LogP contribution in [0.2, 0.25) is 0 Å². The van der Waals surface area contributed by atoms with Crippen molar-refractivity contribution in [3.63, 3.8) is 0 Å². The molecule has 0 radical (unpaired) electrons. The fourth-order valence-electron chi connectivity index (χ4n) is 2.63. The molecule has 0 aromatic heterocycles. The van der Waals surface area contributed by atoms with E-state index in [-0.39, 0.29) is 6.10 Å². The molecule has 1 heterocycles. The molecular formula is C15H22BrNO. The Morgan fingerprint density at radius 2 is 2.33 bits per heavy atom. The summed E-state index contributed by atoms with van der Waals surface area (Å²) in [6.07, 6.45) is 3.09. The van der Waals surface area contributed by atoms with E-state index in [0.29, 0.717) is 0 Å². The van der Waals surface area contributed by atoms with Gasteiger partial charge in [-0.05, 0) is 43.0 Å². The summed E-state index contributed by atoms with van der Waals surface area (Å²) in [6, 6.07) is 7.96. The molecule has 2 unspecified atom stereocenters. The first kappa shape index (κ1) is 14.0. The molecule has 1 N–H and O–H groups in total. The normalized spacial score (nSPS) is 22.3. The number of benzene rings is 1. The van der Waals surface area contributed by atoms with Gasteiger partial charge in [0.15, 0.2) is 0 Å². The standard InChI is InChI=1S/C15H22BrNO/c1-2-12-6-8-17(11-12)9-7-15(18)13-4-3-5-14(16)10-13/h3-5,10,12,15,18H,2,6-9,11H2,1H3. The number of aliphatic hydroxyl groups is 1. The van der Waals surface area contributed by atoms with Crippen LogP contribution in [-0.4, -0.2) is 29.6 Å². The zero-order valence-electron chi connectivity index (χ0n) is 11.0. The highest BCUT2D eigenvalue weighted by Gasteiger charge is 2.21. The van der Waals surface area contributed by atoms with Crippen molar-refractivity contribution < 1.29 is 5.11 Å². The fourth-order valence-corrected chi connectivity index (χ4v) is 3.05. The van der Waals surface area contributed by atoms with Gasteiger partial charge in [-0.25, -0.2) is 0 Å². The molecule has 2 atom stereocenters. The van der Waals surface area contributed by atoms with E-state index < -0.39 is 0 Å². The second kappa shape index (κ2) is 6.69. The topological polar surface area (TPSA) is 23.5 Å². The van der Waals surface area contributed by atoms with Gasteiger partial charge in [0.25, 0.3) is 0 Å². The molecule has 18 heavy (non-hydrogen) atoms. The lowest BCUT2D eigenvalue weighted by Crippen LogP contribution is -2.23. The highest BCUT2D eigenvalue weighted by Crippen LogP contribution is 2.23. The Morgan fingerprint density at radius 1 is 1.50 bits per heavy atom. The Balaban J connectivity index is 1.80. The maximum absolute atomic E-state index is 10.2. The van der Waals surface area contributed by atoms with Gasteiger partial charge in [0.2, 0.25) is 0 Å². The molecular weight excluding hydrogens is 290 g/mol. The van der Waals surface area contributed by atoms with Crippen molar-refractivity contribution in [1.29, 1.82) is 0 Å². The third-order valence-corrected chi connectivity index (χ3v) is 4.39. The summed E-state index contributed by atoms with van der Waals surface area (Å²) < 4.78 is 1.03. The van der Waals surface area contributed by atoms with Gasteiger partial charge in [-0.2, -0.15) is 0 Å². The lowest BCUT2D eigenvalue weighted by atomic mass is 10.1. The van der Waals surface area contributed by atoms with E-state index in [2.05, 4.69) is 27.8 Å². The Bertz CT molecular complexity index is 383. The smallest absolute Gasteiger partial charge is 0.0802 e. The van der Waals surface area contributed by atoms with Crippen LogP contribution in [-0.2, 0) is 0 Å². The van der Waals surface area contributed by atoms with Gasteiger partial charge in [0.05, 0.1) is 6.10 Å². The predicted molar refractivity (Wildman–Crippen MR) is 78.6 cm³/mol. The van der Waals surface area contributed by atoms with Gasteiger partial charge in [-0.1, -0.05) is 41.4 Å². The monoisotopic (exact) mass is 311 g/mol. The first-order valence-corrected chi connectivity index (χ1v) is 7.64. The van der Waals surface area contributed by atoms with Crippen LogP contribution in [0.4, 0.5) is 0 Å². The van der Waals surface area contributed by atoms with Crippen LogP contribution >= 0.6 is 15.9 Å². The Kier molecular flexibility index (Phi) is 5.22. The first-order chi connectivity index (χ1) is 8.69. The zero-order chi connectivity index (χ0) is 13.0. The molecule has 1 aromatic carbocycles. The van der Waals surface area contributed by atoms with E-state index in [4.69, 9.17) is 0 Å². The average Bonchev–Trinajstić information content (AvgIpc) is 2.84. The summed E-state index contributed by atoms with van der Waals surface area (Å²) in [7, 11) is 0. The fraction of sp³-hybridized carbons (Fsp3) is 0.600. The summed E-state index contributed by atoms with van der Waals surface area (Å²) in [5.41, 5.74) is 1.01. The SMILES string of the molecule is CCC1CCN(CCC(O)c2cccc(Br)c2)C1. The molecule has 0 bridgehead atoms. The number of hydrogen-bond donors (Lipinski definition) is 1. The molecule has 0 saturated carbocycles. The van der Waals surface area contributed by atoms with Crippen molar-refractivity contribution in [2.45, 2.75) is 32.3 Å². The molecule has 0 spiro atoms. The van der Waals surface area contributed by atoms with Crippen molar-refractivity contribution in [3.05, 3.63) is 34.3 Å². The number of nitrogens with zero attached hydrogens (tertiary/aromatic N) is 1. The lowest BCUT2D eigenvalue weighted by Gasteiger charge is -2.18. The Morgan fingerprint density at radius 3 is 3.00 bits per heavy atom. The van der Waals surface area contributed by atoms with E-state index in [1.165, 1.54) is 25.9 Å². The molecule has 0 aliphatic carbocycles. The predicted octanol–water partition coefficient (Wildman–Crippen LogP) is 3.60. The van der Waals surface area contributed by atoms with Gasteiger partial charge < -0.3 is 10.0 Å². The summed E-state index contributed by atoms with van der Waals surface area (Å²) in [6.45, 7) is 5.68. The molecule has 2 rings (SSSR count). The second-order valence-electron chi connectivity index (χ2n) is 5.22. The maximum Gasteiger partial charge on any atom is 0.0802 e. The highest BCUT2D eigenvalue weighted by molar-refractivity contribution is 9.10. The van der Waals surface area contributed by atoms with Crippen molar-refractivity contribution in [1.82, 2.24) is 4.90 Å². The van der Waals surface area contributed by atoms with E-state index in [9.17, 15) is 5.11 Å². The van der Waals surface area contributed by atoms with Gasteiger partial charge in [0.1, 0.15) is 0 Å². The number of likely N-dealkylation sites (tertiary alicyclic amines) is 1. The van der Waals surface area contributed by atoms with Crippen molar-refractivity contribution >= 4 is 15.9 Å². The molecule has 1 aliphatic rings. The van der Waals surface area contributed by atoms with Crippen LogP contribution in [0.5, 0.6) is 0 Å². The minimum absolute atomic E-state index is 0.344. The molecule has 1 aliphatic heterocycles. The van der Waals surface area contributed by atoms with E-state index in [0.717, 1.165) is 28.9 Å². The average molecular weight is 312 g/mol. The number of aliphatic hydroxyl groups excluding tert-OH is 1. The lowest BCUT2D eigenvalue weighted by molar-refractivity contribution is 0.148. The first-order valence-electron chi connectivity index (χ1n) is 6.85. The van der Waals surface area contributed by atoms with Gasteiger partial charge in [-0.15, -0.1) is 0 Å².